The summed E-state index contributed by atoms with van der Waals surface area (Å²) in [7, 11) is 0. The zero-order chi connectivity index (χ0) is 12.0. The SMILES string of the molecule is CC(C)n1ccc(/C=N\NC(=O)CC#N)c1. The van der Waals surface area contributed by atoms with Crippen LogP contribution in [0.5, 0.6) is 0 Å². The summed E-state index contributed by atoms with van der Waals surface area (Å²) in [6.45, 7) is 4.16. The van der Waals surface area contributed by atoms with Gasteiger partial charge >= 0.3 is 0 Å². The fraction of sp³-hybridized carbons (Fsp3) is 0.364. The molecule has 84 valence electrons. The molecule has 1 rings (SSSR count). The molecule has 0 aliphatic carbocycles. The van der Waals surface area contributed by atoms with Crippen LogP contribution in [0.1, 0.15) is 31.9 Å². The molecule has 5 nitrogen and oxygen atoms in total. The summed E-state index contributed by atoms with van der Waals surface area (Å²) in [5.74, 6) is -0.401. The number of hydrogen-bond donors (Lipinski definition) is 1. The highest BCUT2D eigenvalue weighted by molar-refractivity contribution is 5.82. The third kappa shape index (κ3) is 3.58. The van der Waals surface area contributed by atoms with Gasteiger partial charge in [-0.05, 0) is 19.9 Å². The van der Waals surface area contributed by atoms with E-state index in [0.29, 0.717) is 6.04 Å². The number of carbonyl (C=O) groups excluding carboxylic acids is 1. The van der Waals surface area contributed by atoms with Crippen molar-refractivity contribution in [2.45, 2.75) is 26.3 Å². The molecule has 0 spiro atoms. The van der Waals surface area contributed by atoms with Crippen LogP contribution < -0.4 is 5.43 Å². The molecule has 0 atom stereocenters. The smallest absolute Gasteiger partial charge is 0.254 e. The molecule has 0 aliphatic heterocycles. The van der Waals surface area contributed by atoms with E-state index < -0.39 is 5.91 Å². The zero-order valence-electron chi connectivity index (χ0n) is 9.34. The molecule has 0 fully saturated rings. The summed E-state index contributed by atoms with van der Waals surface area (Å²) < 4.78 is 2.04. The molecular weight excluding hydrogens is 204 g/mol. The number of nitriles is 1. The van der Waals surface area contributed by atoms with Gasteiger partial charge in [0, 0.05) is 24.0 Å². The van der Waals surface area contributed by atoms with Crippen LogP contribution >= 0.6 is 0 Å². The van der Waals surface area contributed by atoms with Crippen LogP contribution in [0, 0.1) is 11.3 Å². The standard InChI is InChI=1S/C11H14N4O/c1-9(2)15-6-4-10(8-15)7-13-14-11(16)3-5-12/h4,6-9H,3H2,1-2H3,(H,14,16)/b13-7-. The number of aromatic nitrogens is 1. The number of carbonyl (C=O) groups is 1. The molecule has 1 N–H and O–H groups in total. The van der Waals surface area contributed by atoms with Crippen LogP contribution in [0.15, 0.2) is 23.6 Å². The molecule has 0 unspecified atom stereocenters. The Morgan fingerprint density at radius 2 is 2.50 bits per heavy atom. The molecule has 0 radical (unpaired) electrons. The Hall–Kier alpha value is -2.09. The van der Waals surface area contributed by atoms with Crippen molar-refractivity contribution in [2.75, 3.05) is 0 Å². The quantitative estimate of drug-likeness (QED) is 0.613. The van der Waals surface area contributed by atoms with Crippen molar-refractivity contribution < 1.29 is 4.79 Å². The van der Waals surface area contributed by atoms with E-state index >= 15 is 0 Å². The van der Waals surface area contributed by atoms with Gasteiger partial charge in [0.15, 0.2) is 0 Å². The molecular formula is C11H14N4O. The van der Waals surface area contributed by atoms with E-state index in [0.717, 1.165) is 5.56 Å². The Morgan fingerprint density at radius 1 is 1.75 bits per heavy atom. The monoisotopic (exact) mass is 218 g/mol. The number of nitrogens with zero attached hydrogens (tertiary/aromatic N) is 3. The Balaban J connectivity index is 2.50. The second kappa shape index (κ2) is 5.71. The number of hydrogen-bond acceptors (Lipinski definition) is 3. The van der Waals surface area contributed by atoms with Crippen molar-refractivity contribution in [3.05, 3.63) is 24.0 Å². The zero-order valence-corrected chi connectivity index (χ0v) is 9.34. The van der Waals surface area contributed by atoms with Crippen LogP contribution in [-0.4, -0.2) is 16.7 Å². The Kier molecular flexibility index (Phi) is 4.28. The van der Waals surface area contributed by atoms with E-state index in [1.165, 1.54) is 0 Å². The minimum absolute atomic E-state index is 0.176. The van der Waals surface area contributed by atoms with E-state index in [1.807, 2.05) is 23.0 Å². The van der Waals surface area contributed by atoms with Gasteiger partial charge in [0.05, 0.1) is 12.3 Å². The summed E-state index contributed by atoms with van der Waals surface area (Å²) in [5.41, 5.74) is 3.18. The molecule has 0 saturated carbocycles. The van der Waals surface area contributed by atoms with E-state index in [9.17, 15) is 4.79 Å². The van der Waals surface area contributed by atoms with E-state index in [-0.39, 0.29) is 6.42 Å². The number of nitrogens with one attached hydrogen (secondary N) is 1. The van der Waals surface area contributed by atoms with Crippen molar-refractivity contribution in [1.29, 1.82) is 5.26 Å². The average molecular weight is 218 g/mol. The number of amides is 1. The Labute approximate surface area is 94.4 Å². The van der Waals surface area contributed by atoms with Crippen molar-refractivity contribution in [2.24, 2.45) is 5.10 Å². The minimum Gasteiger partial charge on any atom is -0.351 e. The van der Waals surface area contributed by atoms with Gasteiger partial charge in [0.1, 0.15) is 6.42 Å². The summed E-state index contributed by atoms with van der Waals surface area (Å²) in [6, 6.07) is 4.05. The van der Waals surface area contributed by atoms with Gasteiger partial charge in [0.25, 0.3) is 5.91 Å². The third-order valence-corrected chi connectivity index (χ3v) is 1.98. The van der Waals surface area contributed by atoms with E-state index in [1.54, 1.807) is 12.3 Å². The van der Waals surface area contributed by atoms with Crippen LogP contribution in [0.3, 0.4) is 0 Å². The van der Waals surface area contributed by atoms with Gasteiger partial charge in [-0.3, -0.25) is 4.79 Å². The average Bonchev–Trinajstić information content (AvgIpc) is 2.67. The van der Waals surface area contributed by atoms with Crippen molar-refractivity contribution in [3.8, 4) is 6.07 Å². The molecule has 0 saturated heterocycles. The first kappa shape index (κ1) is 12.0. The van der Waals surface area contributed by atoms with Crippen molar-refractivity contribution >= 4 is 12.1 Å². The van der Waals surface area contributed by atoms with Crippen LogP contribution in [0.2, 0.25) is 0 Å². The lowest BCUT2D eigenvalue weighted by Crippen LogP contribution is -2.16. The first-order chi connectivity index (χ1) is 7.63. The van der Waals surface area contributed by atoms with Gasteiger partial charge < -0.3 is 4.57 Å². The lowest BCUT2D eigenvalue weighted by Gasteiger charge is -2.04. The first-order valence-electron chi connectivity index (χ1n) is 5.00. The third-order valence-electron chi connectivity index (χ3n) is 1.98. The molecule has 0 aromatic carbocycles. The van der Waals surface area contributed by atoms with E-state index in [2.05, 4.69) is 24.4 Å². The van der Waals surface area contributed by atoms with Gasteiger partial charge in [-0.15, -0.1) is 0 Å². The molecule has 0 bridgehead atoms. The summed E-state index contributed by atoms with van der Waals surface area (Å²) >= 11 is 0. The minimum atomic E-state index is -0.401. The summed E-state index contributed by atoms with van der Waals surface area (Å²) in [5, 5.41) is 12.0. The molecule has 1 amide bonds. The highest BCUT2D eigenvalue weighted by atomic mass is 16.2. The largest absolute Gasteiger partial charge is 0.351 e. The van der Waals surface area contributed by atoms with Gasteiger partial charge in [-0.25, -0.2) is 5.43 Å². The first-order valence-corrected chi connectivity index (χ1v) is 5.00. The van der Waals surface area contributed by atoms with Crippen molar-refractivity contribution in [1.82, 2.24) is 9.99 Å². The van der Waals surface area contributed by atoms with Crippen LogP contribution in [-0.2, 0) is 4.79 Å². The highest BCUT2D eigenvalue weighted by Crippen LogP contribution is 2.06. The maximum atomic E-state index is 10.9. The summed E-state index contributed by atoms with van der Waals surface area (Å²) in [6.07, 6.45) is 5.26. The maximum absolute atomic E-state index is 10.9. The van der Waals surface area contributed by atoms with Crippen LogP contribution in [0.25, 0.3) is 0 Å². The predicted octanol–water partition coefficient (Wildman–Crippen LogP) is 1.43. The molecule has 5 heteroatoms. The number of hydrazone groups is 1. The van der Waals surface area contributed by atoms with E-state index in [4.69, 9.17) is 5.26 Å². The lowest BCUT2D eigenvalue weighted by molar-refractivity contribution is -0.120. The lowest BCUT2D eigenvalue weighted by atomic mass is 10.4. The Morgan fingerprint density at radius 3 is 3.06 bits per heavy atom. The number of rotatable bonds is 4. The van der Waals surface area contributed by atoms with Gasteiger partial charge in [-0.1, -0.05) is 0 Å². The molecule has 0 aliphatic rings. The van der Waals surface area contributed by atoms with Gasteiger partial charge in [-0.2, -0.15) is 10.4 Å². The highest BCUT2D eigenvalue weighted by Gasteiger charge is 1.98. The second-order valence-corrected chi connectivity index (χ2v) is 3.61. The fourth-order valence-electron chi connectivity index (χ4n) is 1.12. The molecule has 1 aromatic heterocycles. The predicted molar refractivity (Wildman–Crippen MR) is 60.8 cm³/mol. The normalized spacial score (nSPS) is 10.6. The summed E-state index contributed by atoms with van der Waals surface area (Å²) in [4.78, 5) is 10.9. The van der Waals surface area contributed by atoms with Gasteiger partial charge in [0.2, 0.25) is 0 Å². The Bertz CT molecular complexity index is 425. The van der Waals surface area contributed by atoms with Crippen molar-refractivity contribution in [3.63, 3.8) is 0 Å². The topological polar surface area (TPSA) is 70.2 Å². The fourth-order valence-corrected chi connectivity index (χ4v) is 1.12. The van der Waals surface area contributed by atoms with Crippen LogP contribution in [0.4, 0.5) is 0 Å². The molecule has 16 heavy (non-hydrogen) atoms. The molecule has 1 heterocycles. The second-order valence-electron chi connectivity index (χ2n) is 3.61. The maximum Gasteiger partial charge on any atom is 0.254 e. The molecule has 1 aromatic rings.